The summed E-state index contributed by atoms with van der Waals surface area (Å²) in [7, 11) is 2.03. The van der Waals surface area contributed by atoms with Crippen LogP contribution in [0.3, 0.4) is 0 Å². The van der Waals surface area contributed by atoms with Gasteiger partial charge in [0.25, 0.3) is 0 Å². The molecule has 4 rings (SSSR count). The molecular formula is C18H26N6O2. The van der Waals surface area contributed by atoms with E-state index in [1.807, 2.05) is 7.05 Å². The average molecular weight is 358 g/mol. The molecule has 2 aliphatic rings. The molecule has 0 saturated carbocycles. The summed E-state index contributed by atoms with van der Waals surface area (Å²) in [5, 5.41) is 19.8. The zero-order valence-corrected chi connectivity index (χ0v) is 15.2. The zero-order valence-electron chi connectivity index (χ0n) is 15.2. The summed E-state index contributed by atoms with van der Waals surface area (Å²) in [5.41, 5.74) is 4.75. The minimum absolute atomic E-state index is 0.0463. The predicted molar refractivity (Wildman–Crippen MR) is 98.5 cm³/mol. The Labute approximate surface area is 153 Å². The van der Waals surface area contributed by atoms with Crippen LogP contribution in [-0.4, -0.2) is 58.7 Å². The topological polar surface area (TPSA) is 99.2 Å². The maximum Gasteiger partial charge on any atom is 0.224 e. The summed E-state index contributed by atoms with van der Waals surface area (Å²) in [4.78, 5) is 11.4. The molecule has 1 saturated heterocycles. The van der Waals surface area contributed by atoms with Gasteiger partial charge in [0.15, 0.2) is 0 Å². The molecule has 3 heterocycles. The van der Waals surface area contributed by atoms with Gasteiger partial charge < -0.3 is 20.1 Å². The lowest BCUT2D eigenvalue weighted by molar-refractivity contribution is 0.193. The fraction of sp³-hybridized carbons (Fsp3) is 0.611. The quantitative estimate of drug-likeness (QED) is 0.685. The standard InChI is InChI=1S/C18H26N6O2/c1-24(10-16-13-3-2-4-14(13)22-23-16)17-9-15(12-5-8-26-11-12)20-18(21-17)19-6-7-25/h9,12,25H,2-8,10-11H2,1H3,(H,22,23)(H,19,20,21)/t12-/m1/s1. The number of aliphatic hydroxyl groups excluding tert-OH is 1. The number of nitrogens with zero attached hydrogens (tertiary/aromatic N) is 4. The minimum Gasteiger partial charge on any atom is -0.395 e. The molecule has 1 fully saturated rings. The monoisotopic (exact) mass is 358 g/mol. The van der Waals surface area contributed by atoms with Gasteiger partial charge in [-0.05, 0) is 31.2 Å². The Hall–Kier alpha value is -2.19. The third-order valence-electron chi connectivity index (χ3n) is 5.15. The molecule has 8 nitrogen and oxygen atoms in total. The van der Waals surface area contributed by atoms with E-state index >= 15 is 0 Å². The first-order valence-corrected chi connectivity index (χ1v) is 9.32. The fourth-order valence-electron chi connectivity index (χ4n) is 3.70. The summed E-state index contributed by atoms with van der Waals surface area (Å²) in [6, 6.07) is 2.05. The number of anilines is 2. The Morgan fingerprint density at radius 2 is 2.31 bits per heavy atom. The van der Waals surface area contributed by atoms with Crippen molar-refractivity contribution in [1.29, 1.82) is 0 Å². The number of ether oxygens (including phenoxy) is 1. The highest BCUT2D eigenvalue weighted by molar-refractivity contribution is 5.46. The third kappa shape index (κ3) is 3.52. The molecule has 0 bridgehead atoms. The van der Waals surface area contributed by atoms with Gasteiger partial charge in [-0.1, -0.05) is 0 Å². The van der Waals surface area contributed by atoms with Crippen LogP contribution in [0.15, 0.2) is 6.07 Å². The SMILES string of the molecule is CN(Cc1n[nH]c2c1CCC2)c1cc([C@@H]2CCOC2)nc(NCCO)n1. The smallest absolute Gasteiger partial charge is 0.224 e. The lowest BCUT2D eigenvalue weighted by atomic mass is 10.0. The van der Waals surface area contributed by atoms with Crippen LogP contribution in [0, 0.1) is 0 Å². The van der Waals surface area contributed by atoms with Gasteiger partial charge in [0.05, 0.1) is 31.1 Å². The molecule has 1 atom stereocenters. The van der Waals surface area contributed by atoms with Crippen LogP contribution >= 0.6 is 0 Å². The number of aliphatic hydroxyl groups is 1. The molecule has 2 aromatic rings. The van der Waals surface area contributed by atoms with E-state index in [4.69, 9.17) is 9.84 Å². The zero-order chi connectivity index (χ0) is 17.9. The van der Waals surface area contributed by atoms with Crippen molar-refractivity contribution >= 4 is 11.8 Å². The number of H-pyrrole nitrogens is 1. The molecule has 0 spiro atoms. The Morgan fingerprint density at radius 1 is 1.38 bits per heavy atom. The first-order chi connectivity index (χ1) is 12.7. The molecule has 0 unspecified atom stereocenters. The van der Waals surface area contributed by atoms with Crippen LogP contribution in [0.5, 0.6) is 0 Å². The van der Waals surface area contributed by atoms with Gasteiger partial charge >= 0.3 is 0 Å². The van der Waals surface area contributed by atoms with E-state index in [0.717, 1.165) is 43.1 Å². The van der Waals surface area contributed by atoms with Crippen molar-refractivity contribution in [2.45, 2.75) is 38.1 Å². The number of nitrogens with one attached hydrogen (secondary N) is 2. The van der Waals surface area contributed by atoms with Gasteiger partial charge in [0.1, 0.15) is 5.82 Å². The maximum atomic E-state index is 9.09. The normalized spacial score (nSPS) is 18.9. The van der Waals surface area contributed by atoms with Crippen LogP contribution < -0.4 is 10.2 Å². The van der Waals surface area contributed by atoms with Crippen molar-refractivity contribution in [3.8, 4) is 0 Å². The summed E-state index contributed by atoms with van der Waals surface area (Å²) in [6.07, 6.45) is 4.38. The Balaban J connectivity index is 1.57. The number of aromatic amines is 1. The van der Waals surface area contributed by atoms with E-state index in [1.165, 1.54) is 17.7 Å². The number of aromatic nitrogens is 4. The summed E-state index contributed by atoms with van der Waals surface area (Å²) in [6.45, 7) is 2.67. The predicted octanol–water partition coefficient (Wildman–Crippen LogP) is 1.23. The first kappa shape index (κ1) is 17.2. The van der Waals surface area contributed by atoms with Crippen molar-refractivity contribution < 1.29 is 9.84 Å². The molecule has 1 aliphatic carbocycles. The van der Waals surface area contributed by atoms with Crippen molar-refractivity contribution in [3.05, 3.63) is 28.7 Å². The molecule has 1 aliphatic heterocycles. The molecule has 0 aromatic carbocycles. The summed E-state index contributed by atoms with van der Waals surface area (Å²) in [5.74, 6) is 1.71. The highest BCUT2D eigenvalue weighted by Crippen LogP contribution is 2.28. The van der Waals surface area contributed by atoms with Crippen molar-refractivity contribution in [1.82, 2.24) is 20.2 Å². The Kier molecular flexibility index (Phi) is 5.03. The van der Waals surface area contributed by atoms with Gasteiger partial charge in [-0.3, -0.25) is 5.10 Å². The van der Waals surface area contributed by atoms with Crippen LogP contribution in [-0.2, 0) is 24.1 Å². The highest BCUT2D eigenvalue weighted by atomic mass is 16.5. The van der Waals surface area contributed by atoms with Gasteiger partial charge in [0.2, 0.25) is 5.95 Å². The second-order valence-corrected chi connectivity index (χ2v) is 7.02. The van der Waals surface area contributed by atoms with E-state index in [0.29, 0.717) is 31.6 Å². The van der Waals surface area contributed by atoms with Gasteiger partial charge in [-0.2, -0.15) is 10.1 Å². The van der Waals surface area contributed by atoms with E-state index in [-0.39, 0.29) is 6.61 Å². The van der Waals surface area contributed by atoms with Gasteiger partial charge in [-0.15, -0.1) is 0 Å². The Morgan fingerprint density at radius 3 is 3.12 bits per heavy atom. The lowest BCUT2D eigenvalue weighted by Crippen LogP contribution is -2.21. The second kappa shape index (κ2) is 7.59. The molecule has 3 N–H and O–H groups in total. The third-order valence-corrected chi connectivity index (χ3v) is 5.15. The second-order valence-electron chi connectivity index (χ2n) is 7.02. The number of fused-ring (bicyclic) bond motifs is 1. The van der Waals surface area contributed by atoms with Crippen molar-refractivity contribution in [2.24, 2.45) is 0 Å². The molecule has 0 radical (unpaired) electrons. The van der Waals surface area contributed by atoms with Crippen LogP contribution in [0.1, 0.15) is 41.4 Å². The molecule has 26 heavy (non-hydrogen) atoms. The van der Waals surface area contributed by atoms with Gasteiger partial charge in [-0.25, -0.2) is 4.98 Å². The fourth-order valence-corrected chi connectivity index (χ4v) is 3.70. The van der Waals surface area contributed by atoms with Crippen molar-refractivity contribution in [2.75, 3.05) is 43.6 Å². The van der Waals surface area contributed by atoms with E-state index in [9.17, 15) is 0 Å². The van der Waals surface area contributed by atoms with Crippen LogP contribution in [0.4, 0.5) is 11.8 Å². The number of hydrogen-bond acceptors (Lipinski definition) is 7. The van der Waals surface area contributed by atoms with Crippen molar-refractivity contribution in [3.63, 3.8) is 0 Å². The van der Waals surface area contributed by atoms with Gasteiger partial charge in [0, 0.05) is 37.9 Å². The van der Waals surface area contributed by atoms with E-state index < -0.39 is 0 Å². The summed E-state index contributed by atoms with van der Waals surface area (Å²) >= 11 is 0. The van der Waals surface area contributed by atoms with E-state index in [1.54, 1.807) is 0 Å². The lowest BCUT2D eigenvalue weighted by Gasteiger charge is -2.20. The average Bonchev–Trinajstić information content (AvgIpc) is 3.39. The largest absolute Gasteiger partial charge is 0.395 e. The molecule has 2 aromatic heterocycles. The molecule has 8 heteroatoms. The number of rotatable bonds is 7. The maximum absolute atomic E-state index is 9.09. The minimum atomic E-state index is 0.0463. The first-order valence-electron chi connectivity index (χ1n) is 9.32. The summed E-state index contributed by atoms with van der Waals surface area (Å²) < 4.78 is 5.52. The highest BCUT2D eigenvalue weighted by Gasteiger charge is 2.23. The number of aryl methyl sites for hydroxylation is 1. The van der Waals surface area contributed by atoms with Crippen LogP contribution in [0.25, 0.3) is 0 Å². The molecular weight excluding hydrogens is 332 g/mol. The molecule has 140 valence electrons. The van der Waals surface area contributed by atoms with Crippen LogP contribution in [0.2, 0.25) is 0 Å². The van der Waals surface area contributed by atoms with E-state index in [2.05, 4.69) is 36.4 Å². The number of hydrogen-bond donors (Lipinski definition) is 3. The Bertz CT molecular complexity index is 756. The molecule has 0 amide bonds.